The van der Waals surface area contributed by atoms with Crippen LogP contribution in [0.3, 0.4) is 0 Å². The van der Waals surface area contributed by atoms with Crippen LogP contribution in [0.15, 0.2) is 48.5 Å². The van der Waals surface area contributed by atoms with Crippen LogP contribution < -0.4 is 0 Å². The van der Waals surface area contributed by atoms with Crippen LogP contribution in [0.1, 0.15) is 42.7 Å². The summed E-state index contributed by atoms with van der Waals surface area (Å²) in [5.41, 5.74) is -0.286. The van der Waals surface area contributed by atoms with Crippen molar-refractivity contribution in [3.63, 3.8) is 0 Å². The van der Waals surface area contributed by atoms with Crippen LogP contribution in [0.5, 0.6) is 0 Å². The highest BCUT2D eigenvalue weighted by molar-refractivity contribution is 5.33. The first-order valence-electron chi connectivity index (χ1n) is 7.34. The predicted molar refractivity (Wildman–Crippen MR) is 77.9 cm³/mol. The van der Waals surface area contributed by atoms with Gasteiger partial charge in [-0.05, 0) is 36.6 Å². The fourth-order valence-corrected chi connectivity index (χ4v) is 3.44. The van der Waals surface area contributed by atoms with E-state index in [1.165, 1.54) is 0 Å². The van der Waals surface area contributed by atoms with Crippen LogP contribution >= 0.6 is 0 Å². The highest BCUT2D eigenvalue weighted by Gasteiger charge is 2.43. The number of aliphatic hydroxyl groups is 1. The van der Waals surface area contributed by atoms with E-state index in [0.717, 1.165) is 43.0 Å². The Hall–Kier alpha value is -1.74. The van der Waals surface area contributed by atoms with E-state index in [1.807, 2.05) is 30.3 Å². The molecule has 0 aromatic heterocycles. The maximum absolute atomic E-state index is 14.2. The van der Waals surface area contributed by atoms with Crippen molar-refractivity contribution in [1.29, 1.82) is 0 Å². The van der Waals surface area contributed by atoms with E-state index in [0.29, 0.717) is 6.42 Å². The lowest BCUT2D eigenvalue weighted by Gasteiger charge is -2.41. The van der Waals surface area contributed by atoms with Crippen molar-refractivity contribution in [3.8, 4) is 0 Å². The van der Waals surface area contributed by atoms with Gasteiger partial charge in [-0.15, -0.1) is 0 Å². The lowest BCUT2D eigenvalue weighted by Crippen LogP contribution is -2.37. The third-order valence-electron chi connectivity index (χ3n) is 4.47. The Morgan fingerprint density at radius 2 is 1.76 bits per heavy atom. The average Bonchev–Trinajstić information content (AvgIpc) is 2.51. The van der Waals surface area contributed by atoms with E-state index in [1.54, 1.807) is 0 Å². The molecule has 0 saturated heterocycles. The van der Waals surface area contributed by atoms with Crippen molar-refractivity contribution in [1.82, 2.24) is 0 Å². The van der Waals surface area contributed by atoms with Gasteiger partial charge in [0.05, 0.1) is 5.60 Å². The minimum Gasteiger partial charge on any atom is -0.384 e. The van der Waals surface area contributed by atoms with E-state index in [2.05, 4.69) is 0 Å². The van der Waals surface area contributed by atoms with Gasteiger partial charge >= 0.3 is 0 Å². The minimum atomic E-state index is -1.34. The van der Waals surface area contributed by atoms with Gasteiger partial charge in [0.1, 0.15) is 11.6 Å². The first-order valence-corrected chi connectivity index (χ1v) is 7.34. The summed E-state index contributed by atoms with van der Waals surface area (Å²) in [5.74, 6) is -1.26. The summed E-state index contributed by atoms with van der Waals surface area (Å²) in [5, 5.41) is 11.2. The smallest absolute Gasteiger partial charge is 0.129 e. The molecular weight excluding hydrogens is 270 g/mol. The van der Waals surface area contributed by atoms with E-state index >= 15 is 0 Å². The summed E-state index contributed by atoms with van der Waals surface area (Å²) in [6, 6.07) is 12.9. The lowest BCUT2D eigenvalue weighted by molar-refractivity contribution is -0.0256. The molecule has 0 bridgehead atoms. The topological polar surface area (TPSA) is 20.2 Å². The zero-order valence-electron chi connectivity index (χ0n) is 11.7. The predicted octanol–water partition coefficient (Wildman–Crippen LogP) is 4.51. The molecule has 110 valence electrons. The molecule has 21 heavy (non-hydrogen) atoms. The SMILES string of the molecule is OC1(c2cc(F)ccc2F)CCCCC1c1ccccc1. The van der Waals surface area contributed by atoms with Crippen LogP contribution in [-0.2, 0) is 5.60 Å². The van der Waals surface area contributed by atoms with Gasteiger partial charge in [0.15, 0.2) is 0 Å². The molecule has 2 unspecified atom stereocenters. The molecule has 1 aliphatic carbocycles. The van der Waals surface area contributed by atoms with Crippen molar-refractivity contribution >= 4 is 0 Å². The van der Waals surface area contributed by atoms with Crippen molar-refractivity contribution in [2.75, 3.05) is 0 Å². The first-order chi connectivity index (χ1) is 10.1. The summed E-state index contributed by atoms with van der Waals surface area (Å²) in [7, 11) is 0. The molecule has 1 N–H and O–H groups in total. The maximum atomic E-state index is 14.2. The quantitative estimate of drug-likeness (QED) is 0.862. The Bertz CT molecular complexity index is 626. The number of hydrogen-bond acceptors (Lipinski definition) is 1. The molecule has 3 rings (SSSR count). The summed E-state index contributed by atoms with van der Waals surface area (Å²) in [6.45, 7) is 0. The lowest BCUT2D eigenvalue weighted by atomic mass is 9.68. The van der Waals surface area contributed by atoms with E-state index in [4.69, 9.17) is 0 Å². The molecule has 0 radical (unpaired) electrons. The Balaban J connectivity index is 2.09. The minimum absolute atomic E-state index is 0.0797. The maximum Gasteiger partial charge on any atom is 0.129 e. The van der Waals surface area contributed by atoms with Gasteiger partial charge in [-0.3, -0.25) is 0 Å². The highest BCUT2D eigenvalue weighted by atomic mass is 19.1. The summed E-state index contributed by atoms with van der Waals surface area (Å²) < 4.78 is 27.7. The van der Waals surface area contributed by atoms with Gasteiger partial charge in [-0.1, -0.05) is 43.2 Å². The second-order valence-electron chi connectivity index (χ2n) is 5.76. The van der Waals surface area contributed by atoms with Gasteiger partial charge in [0, 0.05) is 11.5 Å². The Morgan fingerprint density at radius 1 is 1.00 bits per heavy atom. The molecule has 1 aliphatic rings. The third kappa shape index (κ3) is 2.58. The normalized spacial score (nSPS) is 25.8. The van der Waals surface area contributed by atoms with Gasteiger partial charge < -0.3 is 5.11 Å². The van der Waals surface area contributed by atoms with Crippen LogP contribution in [0, 0.1) is 11.6 Å². The van der Waals surface area contributed by atoms with Gasteiger partial charge in [0.25, 0.3) is 0 Å². The monoisotopic (exact) mass is 288 g/mol. The molecule has 2 aromatic carbocycles. The molecular formula is C18H18F2O. The summed E-state index contributed by atoms with van der Waals surface area (Å²) >= 11 is 0. The van der Waals surface area contributed by atoms with Crippen LogP contribution in [0.4, 0.5) is 8.78 Å². The van der Waals surface area contributed by atoms with Crippen molar-refractivity contribution in [2.45, 2.75) is 37.2 Å². The van der Waals surface area contributed by atoms with Crippen LogP contribution in [-0.4, -0.2) is 5.11 Å². The zero-order valence-corrected chi connectivity index (χ0v) is 11.7. The number of halogens is 2. The fourth-order valence-electron chi connectivity index (χ4n) is 3.44. The molecule has 0 aliphatic heterocycles. The molecule has 0 amide bonds. The Morgan fingerprint density at radius 3 is 2.52 bits per heavy atom. The molecule has 1 saturated carbocycles. The summed E-state index contributed by atoms with van der Waals surface area (Å²) in [6.07, 6.45) is 3.03. The Kier molecular flexibility index (Phi) is 3.77. The second-order valence-corrected chi connectivity index (χ2v) is 5.76. The summed E-state index contributed by atoms with van der Waals surface area (Å²) in [4.78, 5) is 0. The molecule has 1 fully saturated rings. The van der Waals surface area contributed by atoms with E-state index in [-0.39, 0.29) is 11.5 Å². The van der Waals surface area contributed by atoms with E-state index < -0.39 is 17.2 Å². The molecule has 3 heteroatoms. The highest BCUT2D eigenvalue weighted by Crippen LogP contribution is 2.48. The number of rotatable bonds is 2. The largest absolute Gasteiger partial charge is 0.384 e. The van der Waals surface area contributed by atoms with Crippen LogP contribution in [0.2, 0.25) is 0 Å². The Labute approximate surface area is 123 Å². The van der Waals surface area contributed by atoms with E-state index in [9.17, 15) is 13.9 Å². The molecule has 0 spiro atoms. The fraction of sp³-hybridized carbons (Fsp3) is 0.333. The molecule has 1 nitrogen and oxygen atoms in total. The van der Waals surface area contributed by atoms with Gasteiger partial charge in [-0.25, -0.2) is 8.78 Å². The van der Waals surface area contributed by atoms with Crippen molar-refractivity contribution in [2.24, 2.45) is 0 Å². The van der Waals surface area contributed by atoms with Gasteiger partial charge in [0.2, 0.25) is 0 Å². The standard InChI is InChI=1S/C18H18F2O/c19-14-9-10-17(20)16(12-14)18(21)11-5-4-8-15(18)13-6-2-1-3-7-13/h1-3,6-7,9-10,12,15,21H,4-5,8,11H2. The second kappa shape index (κ2) is 5.57. The average molecular weight is 288 g/mol. The molecule has 2 atom stereocenters. The van der Waals surface area contributed by atoms with Crippen molar-refractivity contribution < 1.29 is 13.9 Å². The molecule has 0 heterocycles. The zero-order chi connectivity index (χ0) is 14.9. The first kappa shape index (κ1) is 14.2. The number of hydrogen-bond donors (Lipinski definition) is 1. The van der Waals surface area contributed by atoms with Crippen molar-refractivity contribution in [3.05, 3.63) is 71.3 Å². The molecule has 2 aromatic rings. The number of benzene rings is 2. The van der Waals surface area contributed by atoms with Gasteiger partial charge in [-0.2, -0.15) is 0 Å². The van der Waals surface area contributed by atoms with Crippen LogP contribution in [0.25, 0.3) is 0 Å². The third-order valence-corrected chi connectivity index (χ3v) is 4.47.